The summed E-state index contributed by atoms with van der Waals surface area (Å²) in [5.41, 5.74) is 7.17. The normalized spacial score (nSPS) is 10.5. The average Bonchev–Trinajstić information content (AvgIpc) is 3.05. The van der Waals surface area contributed by atoms with E-state index < -0.39 is 5.91 Å². The lowest BCUT2D eigenvalue weighted by Gasteiger charge is -2.09. The first kappa shape index (κ1) is 15.3. The second kappa shape index (κ2) is 6.23. The topological polar surface area (TPSA) is 110 Å². The van der Waals surface area contributed by atoms with Crippen LogP contribution in [0.15, 0.2) is 36.7 Å². The van der Waals surface area contributed by atoms with Gasteiger partial charge >= 0.3 is 0 Å². The van der Waals surface area contributed by atoms with E-state index in [-0.39, 0.29) is 11.6 Å². The van der Waals surface area contributed by atoms with Crippen molar-refractivity contribution in [3.63, 3.8) is 0 Å². The predicted octanol–water partition coefficient (Wildman–Crippen LogP) is 3.01. The number of aromatic nitrogens is 4. The van der Waals surface area contributed by atoms with Crippen LogP contribution < -0.4 is 11.1 Å². The van der Waals surface area contributed by atoms with Crippen LogP contribution in [0.4, 0.5) is 11.6 Å². The summed E-state index contributed by atoms with van der Waals surface area (Å²) in [4.78, 5) is 20.2. The van der Waals surface area contributed by atoms with Gasteiger partial charge in [0.05, 0.1) is 11.2 Å². The summed E-state index contributed by atoms with van der Waals surface area (Å²) in [5.74, 6) is -0.0645. The van der Waals surface area contributed by atoms with Crippen molar-refractivity contribution in [2.45, 2.75) is 0 Å². The quantitative estimate of drug-likeness (QED) is 0.673. The molecule has 7 nitrogen and oxygen atoms in total. The zero-order valence-corrected chi connectivity index (χ0v) is 13.1. The van der Waals surface area contributed by atoms with Gasteiger partial charge in [-0.1, -0.05) is 23.2 Å². The van der Waals surface area contributed by atoms with Gasteiger partial charge in [-0.05, 0) is 24.3 Å². The Labute approximate surface area is 140 Å². The first-order valence-electron chi connectivity index (χ1n) is 6.43. The van der Waals surface area contributed by atoms with E-state index in [0.29, 0.717) is 27.0 Å². The van der Waals surface area contributed by atoms with E-state index in [2.05, 4.69) is 25.5 Å². The zero-order chi connectivity index (χ0) is 16.4. The van der Waals surface area contributed by atoms with Gasteiger partial charge < -0.3 is 11.1 Å². The summed E-state index contributed by atoms with van der Waals surface area (Å²) >= 11 is 12.1. The number of hydrogen-bond donors (Lipinski definition) is 3. The SMILES string of the molecule is Nc1nc(NC(=O)c2ccn[nH]2)cnc1-c1cc(Cl)ccc1Cl. The number of hydrogen-bond acceptors (Lipinski definition) is 5. The van der Waals surface area contributed by atoms with Crippen molar-refractivity contribution >= 4 is 40.7 Å². The monoisotopic (exact) mass is 348 g/mol. The van der Waals surface area contributed by atoms with E-state index in [1.807, 2.05) is 0 Å². The molecule has 1 amide bonds. The van der Waals surface area contributed by atoms with Gasteiger partial charge in [0.1, 0.15) is 11.4 Å². The molecule has 1 aromatic carbocycles. The Hall–Kier alpha value is -2.64. The molecule has 3 rings (SSSR count). The third kappa shape index (κ3) is 3.25. The van der Waals surface area contributed by atoms with Gasteiger partial charge in [0.25, 0.3) is 5.91 Å². The number of halogens is 2. The third-order valence-electron chi connectivity index (χ3n) is 2.97. The van der Waals surface area contributed by atoms with Crippen molar-refractivity contribution in [1.82, 2.24) is 20.2 Å². The van der Waals surface area contributed by atoms with Crippen LogP contribution in [0.25, 0.3) is 11.3 Å². The predicted molar refractivity (Wildman–Crippen MR) is 88.4 cm³/mol. The van der Waals surface area contributed by atoms with E-state index in [4.69, 9.17) is 28.9 Å². The first-order chi connectivity index (χ1) is 11.0. The Kier molecular flexibility index (Phi) is 4.14. The fourth-order valence-electron chi connectivity index (χ4n) is 1.92. The van der Waals surface area contributed by atoms with Crippen LogP contribution in [0.1, 0.15) is 10.5 Å². The lowest BCUT2D eigenvalue weighted by atomic mass is 10.1. The second-order valence-electron chi connectivity index (χ2n) is 4.54. The number of anilines is 2. The van der Waals surface area contributed by atoms with Crippen LogP contribution in [-0.4, -0.2) is 26.1 Å². The van der Waals surface area contributed by atoms with E-state index in [1.165, 1.54) is 18.5 Å². The van der Waals surface area contributed by atoms with Gasteiger partial charge in [-0.25, -0.2) is 9.97 Å². The van der Waals surface area contributed by atoms with Crippen molar-refractivity contribution in [3.8, 4) is 11.3 Å². The molecule has 0 spiro atoms. The molecule has 0 aliphatic carbocycles. The lowest BCUT2D eigenvalue weighted by molar-refractivity contribution is 0.102. The molecule has 2 heterocycles. The Morgan fingerprint density at radius 2 is 2.09 bits per heavy atom. The zero-order valence-electron chi connectivity index (χ0n) is 11.5. The Balaban J connectivity index is 1.89. The number of H-pyrrole nitrogens is 1. The molecule has 3 aromatic rings. The number of benzene rings is 1. The van der Waals surface area contributed by atoms with Crippen LogP contribution in [0, 0.1) is 0 Å². The molecule has 0 atom stereocenters. The maximum absolute atomic E-state index is 11.9. The fraction of sp³-hybridized carbons (Fsp3) is 0. The van der Waals surface area contributed by atoms with E-state index in [0.717, 1.165) is 0 Å². The Morgan fingerprint density at radius 1 is 1.26 bits per heavy atom. The number of carbonyl (C=O) groups excluding carboxylic acids is 1. The third-order valence-corrected chi connectivity index (χ3v) is 3.53. The maximum Gasteiger partial charge on any atom is 0.274 e. The van der Waals surface area contributed by atoms with E-state index in [9.17, 15) is 4.79 Å². The van der Waals surface area contributed by atoms with Crippen LogP contribution in [0.5, 0.6) is 0 Å². The van der Waals surface area contributed by atoms with Crippen LogP contribution in [-0.2, 0) is 0 Å². The lowest BCUT2D eigenvalue weighted by Crippen LogP contribution is -2.14. The van der Waals surface area contributed by atoms with Crippen molar-refractivity contribution in [2.75, 3.05) is 11.1 Å². The number of rotatable bonds is 3. The maximum atomic E-state index is 11.9. The van der Waals surface area contributed by atoms with Crippen LogP contribution >= 0.6 is 23.2 Å². The highest BCUT2D eigenvalue weighted by Gasteiger charge is 2.13. The molecule has 116 valence electrons. The molecule has 0 bridgehead atoms. The number of nitrogens with two attached hydrogens (primary N) is 1. The summed E-state index contributed by atoms with van der Waals surface area (Å²) in [7, 11) is 0. The molecule has 0 unspecified atom stereocenters. The minimum atomic E-state index is -0.398. The smallest absolute Gasteiger partial charge is 0.274 e. The largest absolute Gasteiger partial charge is 0.382 e. The highest BCUT2D eigenvalue weighted by atomic mass is 35.5. The minimum absolute atomic E-state index is 0.122. The summed E-state index contributed by atoms with van der Waals surface area (Å²) in [6, 6.07) is 6.49. The van der Waals surface area contributed by atoms with E-state index >= 15 is 0 Å². The van der Waals surface area contributed by atoms with Crippen molar-refractivity contribution in [2.24, 2.45) is 0 Å². The summed E-state index contributed by atoms with van der Waals surface area (Å²) in [6.45, 7) is 0. The van der Waals surface area contributed by atoms with Gasteiger partial charge in [-0.3, -0.25) is 9.89 Å². The molecule has 0 radical (unpaired) electrons. The molecule has 0 aliphatic heterocycles. The molecule has 0 saturated carbocycles. The van der Waals surface area contributed by atoms with Gasteiger partial charge in [0.2, 0.25) is 0 Å². The highest BCUT2D eigenvalue weighted by molar-refractivity contribution is 6.35. The van der Waals surface area contributed by atoms with Crippen LogP contribution in [0.2, 0.25) is 10.0 Å². The molecule has 0 fully saturated rings. The van der Waals surface area contributed by atoms with Crippen LogP contribution in [0.3, 0.4) is 0 Å². The fourth-order valence-corrected chi connectivity index (χ4v) is 2.30. The molecule has 4 N–H and O–H groups in total. The number of amides is 1. The number of nitrogens with one attached hydrogen (secondary N) is 2. The Morgan fingerprint density at radius 3 is 2.78 bits per heavy atom. The van der Waals surface area contributed by atoms with Gasteiger partial charge in [0.15, 0.2) is 11.6 Å². The molecule has 23 heavy (non-hydrogen) atoms. The standard InChI is InChI=1S/C14H10Cl2N6O/c15-7-1-2-9(16)8(5-7)12-13(17)20-11(6-18-12)21-14(23)10-3-4-19-22-10/h1-6H,(H,19,22)(H3,17,20,21,23). The first-order valence-corrected chi connectivity index (χ1v) is 7.19. The summed E-state index contributed by atoms with van der Waals surface area (Å²) < 4.78 is 0. The molecule has 0 saturated heterocycles. The minimum Gasteiger partial charge on any atom is -0.382 e. The second-order valence-corrected chi connectivity index (χ2v) is 5.38. The number of carbonyl (C=O) groups is 1. The molecular formula is C14H10Cl2N6O. The van der Waals surface area contributed by atoms with Crippen molar-refractivity contribution in [3.05, 3.63) is 52.4 Å². The van der Waals surface area contributed by atoms with Crippen molar-refractivity contribution < 1.29 is 4.79 Å². The molecule has 2 aromatic heterocycles. The highest BCUT2D eigenvalue weighted by Crippen LogP contribution is 2.32. The van der Waals surface area contributed by atoms with Crippen molar-refractivity contribution in [1.29, 1.82) is 0 Å². The van der Waals surface area contributed by atoms with Gasteiger partial charge in [0, 0.05) is 16.8 Å². The Bertz CT molecular complexity index is 866. The average molecular weight is 349 g/mol. The summed E-state index contributed by atoms with van der Waals surface area (Å²) in [6.07, 6.45) is 2.86. The number of nitrogen functional groups attached to an aromatic ring is 1. The molecule has 0 aliphatic rings. The molecular weight excluding hydrogens is 339 g/mol. The number of aromatic amines is 1. The number of nitrogens with zero attached hydrogens (tertiary/aromatic N) is 3. The van der Waals surface area contributed by atoms with Gasteiger partial charge in [-0.2, -0.15) is 5.10 Å². The summed E-state index contributed by atoms with van der Waals surface area (Å²) in [5, 5.41) is 9.77. The van der Waals surface area contributed by atoms with E-state index in [1.54, 1.807) is 18.2 Å². The molecule has 9 heteroatoms. The van der Waals surface area contributed by atoms with Gasteiger partial charge in [-0.15, -0.1) is 0 Å².